The highest BCUT2D eigenvalue weighted by atomic mass is 16.4. The first kappa shape index (κ1) is 17.7. The second kappa shape index (κ2) is 7.77. The molecule has 0 spiro atoms. The van der Waals surface area contributed by atoms with Gasteiger partial charge in [0.2, 0.25) is 11.8 Å². The van der Waals surface area contributed by atoms with Crippen LogP contribution in [0.4, 0.5) is 0 Å². The third-order valence-electron chi connectivity index (χ3n) is 4.96. The van der Waals surface area contributed by atoms with Crippen molar-refractivity contribution in [3.63, 3.8) is 0 Å². The van der Waals surface area contributed by atoms with E-state index >= 15 is 0 Å². The average molecular weight is 325 g/mol. The minimum absolute atomic E-state index is 0.0315. The van der Waals surface area contributed by atoms with Gasteiger partial charge in [-0.15, -0.1) is 0 Å². The predicted molar refractivity (Wildman–Crippen MR) is 84.5 cm³/mol. The molecule has 130 valence electrons. The quantitative estimate of drug-likeness (QED) is 0.723. The number of aliphatic carboxylic acids is 1. The van der Waals surface area contributed by atoms with Crippen molar-refractivity contribution in [2.45, 2.75) is 32.6 Å². The molecule has 0 bridgehead atoms. The van der Waals surface area contributed by atoms with Crippen LogP contribution in [0, 0.1) is 17.8 Å². The van der Waals surface area contributed by atoms with Crippen molar-refractivity contribution in [1.82, 2.24) is 9.80 Å². The largest absolute Gasteiger partial charge is 0.481 e. The van der Waals surface area contributed by atoms with Crippen LogP contribution in [0.5, 0.6) is 0 Å². The van der Waals surface area contributed by atoms with Crippen LogP contribution in [0.1, 0.15) is 32.6 Å². The maximum absolute atomic E-state index is 12.7. The molecule has 7 nitrogen and oxygen atoms in total. The number of likely N-dealkylation sites (tertiary alicyclic amines) is 2. The van der Waals surface area contributed by atoms with Crippen LogP contribution in [0.15, 0.2) is 0 Å². The van der Waals surface area contributed by atoms with Gasteiger partial charge in [0, 0.05) is 19.6 Å². The van der Waals surface area contributed by atoms with E-state index < -0.39 is 11.9 Å². The van der Waals surface area contributed by atoms with E-state index in [0.717, 1.165) is 32.2 Å². The van der Waals surface area contributed by atoms with E-state index in [4.69, 9.17) is 5.73 Å². The fourth-order valence-electron chi connectivity index (χ4n) is 3.87. The van der Waals surface area contributed by atoms with Gasteiger partial charge in [0.05, 0.1) is 18.4 Å². The number of primary amides is 1. The molecule has 2 saturated heterocycles. The number of nitrogens with zero attached hydrogens (tertiary/aromatic N) is 2. The monoisotopic (exact) mass is 325 g/mol. The Morgan fingerprint density at radius 2 is 1.96 bits per heavy atom. The SMILES string of the molecule is CCC[C@@H]1CN(C(=O)C2CCCN(CC(N)=O)C2)C[C@H]1C(=O)O. The summed E-state index contributed by atoms with van der Waals surface area (Å²) >= 11 is 0. The van der Waals surface area contributed by atoms with Crippen molar-refractivity contribution in [3.05, 3.63) is 0 Å². The molecule has 0 aliphatic carbocycles. The molecule has 0 aromatic heterocycles. The van der Waals surface area contributed by atoms with Crippen molar-refractivity contribution in [2.75, 3.05) is 32.7 Å². The number of carboxylic acids is 1. The fourth-order valence-corrected chi connectivity index (χ4v) is 3.87. The second-order valence-corrected chi connectivity index (χ2v) is 6.78. The zero-order valence-electron chi connectivity index (χ0n) is 13.7. The maximum Gasteiger partial charge on any atom is 0.308 e. The van der Waals surface area contributed by atoms with Gasteiger partial charge in [0.25, 0.3) is 0 Å². The van der Waals surface area contributed by atoms with Gasteiger partial charge in [-0.05, 0) is 31.7 Å². The first-order valence-corrected chi connectivity index (χ1v) is 8.44. The Bertz CT molecular complexity index is 468. The van der Waals surface area contributed by atoms with E-state index in [1.54, 1.807) is 4.90 Å². The Morgan fingerprint density at radius 3 is 2.57 bits per heavy atom. The van der Waals surface area contributed by atoms with Crippen molar-refractivity contribution < 1.29 is 19.5 Å². The van der Waals surface area contributed by atoms with E-state index in [9.17, 15) is 19.5 Å². The zero-order chi connectivity index (χ0) is 17.0. The topological polar surface area (TPSA) is 104 Å². The summed E-state index contributed by atoms with van der Waals surface area (Å²) in [6, 6.07) is 0. The normalized spacial score (nSPS) is 28.7. The molecule has 2 fully saturated rings. The highest BCUT2D eigenvalue weighted by molar-refractivity contribution is 5.81. The van der Waals surface area contributed by atoms with Gasteiger partial charge in [-0.25, -0.2) is 0 Å². The van der Waals surface area contributed by atoms with Crippen LogP contribution in [0.3, 0.4) is 0 Å². The fraction of sp³-hybridized carbons (Fsp3) is 0.812. The Morgan fingerprint density at radius 1 is 1.22 bits per heavy atom. The summed E-state index contributed by atoms with van der Waals surface area (Å²) in [5.74, 6) is -1.72. The molecule has 23 heavy (non-hydrogen) atoms. The first-order valence-electron chi connectivity index (χ1n) is 8.44. The third-order valence-corrected chi connectivity index (χ3v) is 4.96. The lowest BCUT2D eigenvalue weighted by Gasteiger charge is -2.33. The zero-order valence-corrected chi connectivity index (χ0v) is 13.7. The highest BCUT2D eigenvalue weighted by Crippen LogP contribution is 2.30. The molecule has 2 aliphatic heterocycles. The Hall–Kier alpha value is -1.63. The molecule has 0 aromatic carbocycles. The lowest BCUT2D eigenvalue weighted by Crippen LogP contribution is -2.46. The summed E-state index contributed by atoms with van der Waals surface area (Å²) < 4.78 is 0. The summed E-state index contributed by atoms with van der Waals surface area (Å²) in [4.78, 5) is 38.8. The van der Waals surface area contributed by atoms with E-state index in [-0.39, 0.29) is 30.2 Å². The molecule has 2 amide bonds. The van der Waals surface area contributed by atoms with Gasteiger partial charge in [0.15, 0.2) is 0 Å². The molecule has 0 saturated carbocycles. The number of rotatable bonds is 6. The molecule has 2 rings (SSSR count). The Balaban J connectivity index is 1.97. The molecule has 3 N–H and O–H groups in total. The molecular weight excluding hydrogens is 298 g/mol. The molecule has 0 aromatic rings. The standard InChI is InChI=1S/C16H27N3O4/c1-2-4-11-8-19(9-13(11)16(22)23)15(21)12-5-3-6-18(7-12)10-14(17)20/h11-13H,2-10H2,1H3,(H2,17,20)(H,22,23)/t11-,12?,13-/m1/s1. The van der Waals surface area contributed by atoms with Crippen molar-refractivity contribution in [3.8, 4) is 0 Å². The molecule has 1 unspecified atom stereocenters. The minimum Gasteiger partial charge on any atom is -0.481 e. The van der Waals surface area contributed by atoms with E-state index in [1.165, 1.54) is 0 Å². The average Bonchev–Trinajstić information content (AvgIpc) is 2.90. The van der Waals surface area contributed by atoms with Crippen LogP contribution < -0.4 is 5.73 Å². The van der Waals surface area contributed by atoms with E-state index in [1.807, 2.05) is 11.8 Å². The number of hydrogen-bond acceptors (Lipinski definition) is 4. The van der Waals surface area contributed by atoms with Crippen LogP contribution in [-0.2, 0) is 14.4 Å². The molecule has 7 heteroatoms. The Labute approximate surface area is 136 Å². The number of carboxylic acid groups (broad SMARTS) is 1. The summed E-state index contributed by atoms with van der Waals surface area (Å²) in [6.45, 7) is 4.38. The number of carbonyl (C=O) groups excluding carboxylic acids is 2. The number of carbonyl (C=O) groups is 3. The van der Waals surface area contributed by atoms with Crippen molar-refractivity contribution in [1.29, 1.82) is 0 Å². The van der Waals surface area contributed by atoms with Gasteiger partial charge in [-0.1, -0.05) is 13.3 Å². The molecule has 0 radical (unpaired) electrons. The molecule has 2 heterocycles. The highest BCUT2D eigenvalue weighted by Gasteiger charge is 2.41. The van der Waals surface area contributed by atoms with E-state index in [2.05, 4.69) is 0 Å². The van der Waals surface area contributed by atoms with Crippen molar-refractivity contribution >= 4 is 17.8 Å². The molecule has 3 atom stereocenters. The number of amides is 2. The van der Waals surface area contributed by atoms with Gasteiger partial charge in [0.1, 0.15) is 0 Å². The summed E-state index contributed by atoms with van der Waals surface area (Å²) in [5.41, 5.74) is 5.23. The maximum atomic E-state index is 12.7. The van der Waals surface area contributed by atoms with Crippen LogP contribution in [-0.4, -0.2) is 65.4 Å². The third kappa shape index (κ3) is 4.43. The van der Waals surface area contributed by atoms with Gasteiger partial charge in [-0.2, -0.15) is 0 Å². The lowest BCUT2D eigenvalue weighted by atomic mass is 9.92. The summed E-state index contributed by atoms with van der Waals surface area (Å²) in [7, 11) is 0. The van der Waals surface area contributed by atoms with Gasteiger partial charge >= 0.3 is 5.97 Å². The van der Waals surface area contributed by atoms with Gasteiger partial charge < -0.3 is 15.7 Å². The van der Waals surface area contributed by atoms with Crippen LogP contribution >= 0.6 is 0 Å². The first-order chi connectivity index (χ1) is 10.9. The predicted octanol–water partition coefficient (Wildman–Crippen LogP) is 0.143. The Kier molecular flexibility index (Phi) is 5.98. The van der Waals surface area contributed by atoms with Crippen molar-refractivity contribution in [2.24, 2.45) is 23.5 Å². The lowest BCUT2D eigenvalue weighted by molar-refractivity contribution is -0.143. The molecule has 2 aliphatic rings. The van der Waals surface area contributed by atoms with Gasteiger partial charge in [-0.3, -0.25) is 19.3 Å². The van der Waals surface area contributed by atoms with E-state index in [0.29, 0.717) is 19.6 Å². The second-order valence-electron chi connectivity index (χ2n) is 6.78. The summed E-state index contributed by atoms with van der Waals surface area (Å²) in [5, 5.41) is 9.36. The van der Waals surface area contributed by atoms with Crippen LogP contribution in [0.2, 0.25) is 0 Å². The minimum atomic E-state index is -0.808. The smallest absolute Gasteiger partial charge is 0.308 e. The number of hydrogen-bond donors (Lipinski definition) is 2. The molecular formula is C16H27N3O4. The number of piperidine rings is 1. The summed E-state index contributed by atoms with van der Waals surface area (Å²) in [6.07, 6.45) is 3.41. The van der Waals surface area contributed by atoms with Crippen LogP contribution in [0.25, 0.3) is 0 Å². The number of nitrogens with two attached hydrogens (primary N) is 1.